The molecule has 0 saturated heterocycles. The molecule has 3 nitrogen and oxygen atoms in total. The minimum absolute atomic E-state index is 0.153. The molecule has 0 heterocycles. The molecule has 3 heteroatoms. The average Bonchev–Trinajstić information content (AvgIpc) is 1.53. The summed E-state index contributed by atoms with van der Waals surface area (Å²) in [6.07, 6.45) is 0.382. The molecule has 0 spiro atoms. The second-order valence-electron chi connectivity index (χ2n) is 3.27. The maximum absolute atomic E-state index is 10.5. The summed E-state index contributed by atoms with van der Waals surface area (Å²) in [5.41, 5.74) is -0.260. The molecular formula is C8H15NO2. The molecule has 64 valence electrons. The fourth-order valence-corrected chi connectivity index (χ4v) is 0.815. The highest BCUT2D eigenvalue weighted by molar-refractivity contribution is 5.74. The number of carbonyl (C=O) groups is 1. The van der Waals surface area contributed by atoms with Crippen LogP contribution in [0, 0.1) is 0 Å². The summed E-state index contributed by atoms with van der Waals surface area (Å²) in [7, 11) is 0. The van der Waals surface area contributed by atoms with Crippen LogP contribution in [0.2, 0.25) is 0 Å². The van der Waals surface area contributed by atoms with Crippen molar-refractivity contribution in [2.24, 2.45) is 0 Å². The van der Waals surface area contributed by atoms with Crippen molar-refractivity contribution in [3.63, 3.8) is 0 Å². The van der Waals surface area contributed by atoms with E-state index in [1.807, 2.05) is 0 Å². The number of amides is 1. The van der Waals surface area contributed by atoms with Gasteiger partial charge < -0.3 is 10.4 Å². The van der Waals surface area contributed by atoms with Gasteiger partial charge in [-0.1, -0.05) is 6.58 Å². The van der Waals surface area contributed by atoms with Crippen molar-refractivity contribution in [3.8, 4) is 0 Å². The Morgan fingerprint density at radius 2 is 2.09 bits per heavy atom. The van der Waals surface area contributed by atoms with Crippen LogP contribution in [0.1, 0.15) is 27.2 Å². The Kier molecular flexibility index (Phi) is 3.26. The van der Waals surface area contributed by atoms with Crippen molar-refractivity contribution in [3.05, 3.63) is 12.3 Å². The maximum atomic E-state index is 10.5. The lowest BCUT2D eigenvalue weighted by atomic mass is 10.0. The van der Waals surface area contributed by atoms with Crippen molar-refractivity contribution >= 4 is 5.91 Å². The Morgan fingerprint density at radius 3 is 2.36 bits per heavy atom. The third-order valence-electron chi connectivity index (χ3n) is 0.999. The number of rotatable bonds is 3. The molecule has 0 aromatic heterocycles. The van der Waals surface area contributed by atoms with Crippen LogP contribution in [0.15, 0.2) is 12.3 Å². The van der Waals surface area contributed by atoms with E-state index in [0.717, 1.165) is 0 Å². The topological polar surface area (TPSA) is 49.3 Å². The molecule has 0 bridgehead atoms. The third kappa shape index (κ3) is 7.06. The molecule has 0 atom stereocenters. The van der Waals surface area contributed by atoms with E-state index in [4.69, 9.17) is 0 Å². The first-order valence-corrected chi connectivity index (χ1v) is 3.49. The highest BCUT2D eigenvalue weighted by Gasteiger charge is 2.14. The predicted molar refractivity (Wildman–Crippen MR) is 43.9 cm³/mol. The van der Waals surface area contributed by atoms with Crippen LogP contribution in [-0.4, -0.2) is 16.6 Å². The SMILES string of the molecule is C=C(CC(C)(C)O)NC(C)=O. The molecule has 0 aliphatic heterocycles. The van der Waals surface area contributed by atoms with Gasteiger partial charge in [-0.25, -0.2) is 0 Å². The Morgan fingerprint density at radius 1 is 1.64 bits per heavy atom. The largest absolute Gasteiger partial charge is 0.390 e. The van der Waals surface area contributed by atoms with Gasteiger partial charge >= 0.3 is 0 Å². The van der Waals surface area contributed by atoms with E-state index in [1.54, 1.807) is 13.8 Å². The van der Waals surface area contributed by atoms with Gasteiger partial charge in [0.15, 0.2) is 0 Å². The standard InChI is InChI=1S/C8H15NO2/c1-6(9-7(2)10)5-8(3,4)11/h11H,1,5H2,2-4H3,(H,9,10). The van der Waals surface area contributed by atoms with Gasteiger partial charge in [0.25, 0.3) is 0 Å². The third-order valence-corrected chi connectivity index (χ3v) is 0.999. The van der Waals surface area contributed by atoms with Crippen molar-refractivity contribution in [1.29, 1.82) is 0 Å². The van der Waals surface area contributed by atoms with Gasteiger partial charge in [0.05, 0.1) is 5.60 Å². The Hall–Kier alpha value is -0.830. The lowest BCUT2D eigenvalue weighted by molar-refractivity contribution is -0.118. The van der Waals surface area contributed by atoms with Crippen molar-refractivity contribution < 1.29 is 9.90 Å². The molecule has 11 heavy (non-hydrogen) atoms. The molecule has 0 aliphatic rings. The summed E-state index contributed by atoms with van der Waals surface area (Å²) in [6, 6.07) is 0. The fraction of sp³-hybridized carbons (Fsp3) is 0.625. The lowest BCUT2D eigenvalue weighted by Crippen LogP contribution is -2.26. The minimum Gasteiger partial charge on any atom is -0.390 e. The van der Waals surface area contributed by atoms with Gasteiger partial charge in [0.1, 0.15) is 0 Å². The Bertz CT molecular complexity index is 167. The van der Waals surface area contributed by atoms with Crippen molar-refractivity contribution in [2.75, 3.05) is 0 Å². The summed E-state index contributed by atoms with van der Waals surface area (Å²) in [6.45, 7) is 8.33. The summed E-state index contributed by atoms with van der Waals surface area (Å²) in [5, 5.41) is 11.8. The van der Waals surface area contributed by atoms with E-state index in [9.17, 15) is 9.90 Å². The Labute approximate surface area is 67.1 Å². The molecule has 0 unspecified atom stereocenters. The van der Waals surface area contributed by atoms with Crippen LogP contribution in [0.3, 0.4) is 0 Å². The molecule has 0 radical (unpaired) electrons. The zero-order valence-electron chi connectivity index (χ0n) is 7.27. The molecular weight excluding hydrogens is 142 g/mol. The van der Waals surface area contributed by atoms with E-state index in [-0.39, 0.29) is 5.91 Å². The van der Waals surface area contributed by atoms with Crippen LogP contribution < -0.4 is 5.32 Å². The summed E-state index contributed by atoms with van der Waals surface area (Å²) >= 11 is 0. The van der Waals surface area contributed by atoms with Crippen LogP contribution >= 0.6 is 0 Å². The second kappa shape index (κ2) is 3.53. The molecule has 0 saturated carbocycles. The molecule has 1 amide bonds. The first kappa shape index (κ1) is 10.2. The van der Waals surface area contributed by atoms with E-state index >= 15 is 0 Å². The van der Waals surface area contributed by atoms with Gasteiger partial charge in [-0.3, -0.25) is 4.79 Å². The van der Waals surface area contributed by atoms with Crippen LogP contribution in [-0.2, 0) is 4.79 Å². The molecule has 0 aliphatic carbocycles. The summed E-state index contributed by atoms with van der Waals surface area (Å²) in [4.78, 5) is 10.5. The minimum atomic E-state index is -0.806. The van der Waals surface area contributed by atoms with E-state index in [1.165, 1.54) is 6.92 Å². The van der Waals surface area contributed by atoms with E-state index < -0.39 is 5.60 Å². The number of carbonyl (C=O) groups excluding carboxylic acids is 1. The zero-order chi connectivity index (χ0) is 9.07. The maximum Gasteiger partial charge on any atom is 0.220 e. The molecule has 2 N–H and O–H groups in total. The van der Waals surface area contributed by atoms with Crippen LogP contribution in [0.4, 0.5) is 0 Å². The monoisotopic (exact) mass is 157 g/mol. The predicted octanol–water partition coefficient (Wildman–Crippen LogP) is 0.797. The number of hydrogen-bond acceptors (Lipinski definition) is 2. The smallest absolute Gasteiger partial charge is 0.220 e. The molecule has 0 aromatic carbocycles. The van der Waals surface area contributed by atoms with Crippen LogP contribution in [0.25, 0.3) is 0 Å². The van der Waals surface area contributed by atoms with Gasteiger partial charge in [-0.15, -0.1) is 0 Å². The highest BCUT2D eigenvalue weighted by atomic mass is 16.3. The number of nitrogens with one attached hydrogen (secondary N) is 1. The van der Waals surface area contributed by atoms with E-state index in [0.29, 0.717) is 12.1 Å². The Balaban J connectivity index is 3.80. The van der Waals surface area contributed by atoms with Gasteiger partial charge in [0, 0.05) is 19.0 Å². The van der Waals surface area contributed by atoms with E-state index in [2.05, 4.69) is 11.9 Å². The molecule has 0 fully saturated rings. The average molecular weight is 157 g/mol. The van der Waals surface area contributed by atoms with Crippen molar-refractivity contribution in [1.82, 2.24) is 5.32 Å². The summed E-state index contributed by atoms with van der Waals surface area (Å²) in [5.74, 6) is -0.153. The van der Waals surface area contributed by atoms with Gasteiger partial charge in [-0.05, 0) is 13.8 Å². The van der Waals surface area contributed by atoms with Crippen LogP contribution in [0.5, 0.6) is 0 Å². The van der Waals surface area contributed by atoms with Gasteiger partial charge in [-0.2, -0.15) is 0 Å². The first-order valence-electron chi connectivity index (χ1n) is 3.49. The number of aliphatic hydroxyl groups is 1. The molecule has 0 aromatic rings. The van der Waals surface area contributed by atoms with Crippen molar-refractivity contribution in [2.45, 2.75) is 32.8 Å². The zero-order valence-corrected chi connectivity index (χ0v) is 7.27. The molecule has 0 rings (SSSR count). The van der Waals surface area contributed by atoms with Gasteiger partial charge in [0.2, 0.25) is 5.91 Å². The quantitative estimate of drug-likeness (QED) is 0.636. The first-order chi connectivity index (χ1) is 4.81. The fourth-order valence-electron chi connectivity index (χ4n) is 0.815. The second-order valence-corrected chi connectivity index (χ2v) is 3.27. The number of hydrogen-bond donors (Lipinski definition) is 2. The summed E-state index contributed by atoms with van der Waals surface area (Å²) < 4.78 is 0. The highest BCUT2D eigenvalue weighted by Crippen LogP contribution is 2.11. The normalized spacial score (nSPS) is 10.9. The lowest BCUT2D eigenvalue weighted by Gasteiger charge is -2.18.